The van der Waals surface area contributed by atoms with Gasteiger partial charge in [0.15, 0.2) is 0 Å². The third-order valence-electron chi connectivity index (χ3n) is 6.78. The number of unbranched alkanes of at least 4 members (excludes halogenated alkanes) is 11. The lowest BCUT2D eigenvalue weighted by Gasteiger charge is -2.14. The molecular formula is C34H60O5. The van der Waals surface area contributed by atoms with E-state index in [1.54, 1.807) is 6.08 Å². The van der Waals surface area contributed by atoms with Gasteiger partial charge >= 0.3 is 11.9 Å². The smallest absolute Gasteiger partial charge is 0.330 e. The van der Waals surface area contributed by atoms with Crippen LogP contribution in [-0.4, -0.2) is 36.9 Å². The molecule has 0 spiro atoms. The second-order valence-corrected chi connectivity index (χ2v) is 10.7. The number of carbonyl (C=O) groups excluding carboxylic acids is 2. The first kappa shape index (κ1) is 37.1. The highest BCUT2D eigenvalue weighted by atomic mass is 16.5. The number of carbonyl (C=O) groups is 2. The zero-order valence-corrected chi connectivity index (χ0v) is 25.6. The maximum absolute atomic E-state index is 12.2. The van der Waals surface area contributed by atoms with Gasteiger partial charge in [-0.25, -0.2) is 4.79 Å². The summed E-state index contributed by atoms with van der Waals surface area (Å²) in [4.78, 5) is 24.3. The monoisotopic (exact) mass is 548 g/mol. The summed E-state index contributed by atoms with van der Waals surface area (Å²) in [6, 6.07) is 0. The average Bonchev–Trinajstić information content (AvgIpc) is 2.93. The van der Waals surface area contributed by atoms with Crippen LogP contribution >= 0.6 is 0 Å². The molecule has 1 unspecified atom stereocenters. The molecule has 0 saturated heterocycles. The molecule has 0 amide bonds. The number of aliphatic hydroxyl groups excluding tert-OH is 1. The molecule has 0 bridgehead atoms. The van der Waals surface area contributed by atoms with E-state index in [9.17, 15) is 14.7 Å². The minimum atomic E-state index is -0.393. The second kappa shape index (κ2) is 29.1. The largest absolute Gasteiger partial charge is 0.465 e. The van der Waals surface area contributed by atoms with Crippen molar-refractivity contribution in [1.82, 2.24) is 0 Å². The molecule has 5 heteroatoms. The van der Waals surface area contributed by atoms with Crippen LogP contribution in [0.1, 0.15) is 143 Å². The number of hydrogen-bond acceptors (Lipinski definition) is 5. The summed E-state index contributed by atoms with van der Waals surface area (Å²) in [6.45, 7) is 6.47. The van der Waals surface area contributed by atoms with Gasteiger partial charge in [-0.1, -0.05) is 108 Å². The summed E-state index contributed by atoms with van der Waals surface area (Å²) in [7, 11) is 0. The first-order valence-electron chi connectivity index (χ1n) is 16.0. The zero-order valence-electron chi connectivity index (χ0n) is 25.6. The predicted molar refractivity (Wildman–Crippen MR) is 164 cm³/mol. The lowest BCUT2D eigenvalue weighted by molar-refractivity contribution is -0.147. The Morgan fingerprint density at radius 3 is 1.87 bits per heavy atom. The molecule has 0 aliphatic carbocycles. The fraction of sp³-hybridized carbons (Fsp3) is 0.765. The van der Waals surface area contributed by atoms with Gasteiger partial charge in [-0.15, -0.1) is 0 Å². The minimum Gasteiger partial charge on any atom is -0.465 e. The molecule has 0 aliphatic rings. The summed E-state index contributed by atoms with van der Waals surface area (Å²) >= 11 is 0. The Morgan fingerprint density at radius 2 is 1.21 bits per heavy atom. The van der Waals surface area contributed by atoms with Crippen molar-refractivity contribution in [2.24, 2.45) is 5.92 Å². The van der Waals surface area contributed by atoms with E-state index in [-0.39, 0.29) is 31.8 Å². The van der Waals surface area contributed by atoms with Gasteiger partial charge in [-0.2, -0.15) is 0 Å². The molecule has 5 nitrogen and oxygen atoms in total. The molecule has 0 radical (unpaired) electrons. The molecular weight excluding hydrogens is 488 g/mol. The lowest BCUT2D eigenvalue weighted by Crippen LogP contribution is -2.23. The fourth-order valence-corrected chi connectivity index (χ4v) is 4.29. The van der Waals surface area contributed by atoms with E-state index in [1.807, 2.05) is 0 Å². The van der Waals surface area contributed by atoms with Gasteiger partial charge in [0.2, 0.25) is 0 Å². The normalized spacial score (nSPS) is 12.9. The van der Waals surface area contributed by atoms with Gasteiger partial charge in [0.1, 0.15) is 0 Å². The van der Waals surface area contributed by atoms with E-state index < -0.39 is 5.92 Å². The van der Waals surface area contributed by atoms with Crippen LogP contribution in [0.15, 0.2) is 36.0 Å². The Kier molecular flexibility index (Phi) is 27.7. The van der Waals surface area contributed by atoms with Crippen molar-refractivity contribution in [1.29, 1.82) is 0 Å². The molecule has 0 heterocycles. The zero-order chi connectivity index (χ0) is 28.8. The van der Waals surface area contributed by atoms with Gasteiger partial charge in [-0.05, 0) is 57.8 Å². The highest BCUT2D eigenvalue weighted by Gasteiger charge is 2.14. The van der Waals surface area contributed by atoms with Gasteiger partial charge < -0.3 is 14.6 Å². The molecule has 0 aliphatic heterocycles. The molecule has 0 aromatic carbocycles. The van der Waals surface area contributed by atoms with Crippen LogP contribution in [0.2, 0.25) is 0 Å². The van der Waals surface area contributed by atoms with Crippen molar-refractivity contribution in [2.45, 2.75) is 143 Å². The minimum absolute atomic E-state index is 0.0536. The summed E-state index contributed by atoms with van der Waals surface area (Å²) in [5.41, 5.74) is 1.13. The topological polar surface area (TPSA) is 72.8 Å². The number of hydrogen-bond donors (Lipinski definition) is 1. The van der Waals surface area contributed by atoms with Crippen LogP contribution in [0, 0.1) is 5.92 Å². The molecule has 0 fully saturated rings. The Hall–Kier alpha value is -1.88. The van der Waals surface area contributed by atoms with Crippen LogP contribution in [0.4, 0.5) is 0 Å². The number of allylic oxidation sites excluding steroid dienone is 5. The molecule has 39 heavy (non-hydrogen) atoms. The molecule has 226 valence electrons. The maximum Gasteiger partial charge on any atom is 0.330 e. The molecule has 0 aromatic rings. The lowest BCUT2D eigenvalue weighted by atomic mass is 10.0. The quantitative estimate of drug-likeness (QED) is 0.0479. The first-order valence-corrected chi connectivity index (χ1v) is 16.0. The van der Waals surface area contributed by atoms with Crippen molar-refractivity contribution < 1.29 is 24.2 Å². The number of aliphatic hydroxyl groups is 1. The summed E-state index contributed by atoms with van der Waals surface area (Å²) in [6.07, 6.45) is 31.2. The number of esters is 2. The van der Waals surface area contributed by atoms with Crippen molar-refractivity contribution in [3.8, 4) is 0 Å². The Labute approximate surface area is 240 Å². The van der Waals surface area contributed by atoms with Gasteiger partial charge in [0.05, 0.1) is 25.7 Å². The third kappa shape index (κ3) is 26.1. The third-order valence-corrected chi connectivity index (χ3v) is 6.78. The summed E-state index contributed by atoms with van der Waals surface area (Å²) in [5.74, 6) is -1.01. The van der Waals surface area contributed by atoms with E-state index in [2.05, 4.69) is 45.1 Å². The van der Waals surface area contributed by atoms with E-state index >= 15 is 0 Å². The van der Waals surface area contributed by atoms with Crippen molar-refractivity contribution in [3.05, 3.63) is 36.0 Å². The van der Waals surface area contributed by atoms with Crippen LogP contribution in [0.25, 0.3) is 0 Å². The Balaban J connectivity index is 3.90. The molecule has 0 aromatic heterocycles. The van der Waals surface area contributed by atoms with E-state index in [0.717, 1.165) is 63.4 Å². The molecule has 0 rings (SSSR count). The average molecular weight is 549 g/mol. The summed E-state index contributed by atoms with van der Waals surface area (Å²) in [5, 5.41) is 9.60. The molecule has 1 N–H and O–H groups in total. The van der Waals surface area contributed by atoms with Gasteiger partial charge in [0, 0.05) is 12.5 Å². The van der Waals surface area contributed by atoms with E-state index in [1.165, 1.54) is 57.8 Å². The first-order chi connectivity index (χ1) is 19.1. The maximum atomic E-state index is 12.2. The standard InChI is InChI=1S/C34H60O5/c1-4-7-9-11-12-13-14-15-16-17-18-19-20-21-23-26-33(36)38-29-32(28-35)30-39-34(37)27-31(24-6-3)25-22-10-8-5-2/h12-13,15-16,27,32,35H,4-11,14,17-26,28-30H2,1-3H3/b13-12-,16-15-,31-27+. The molecule has 1 atom stereocenters. The highest BCUT2D eigenvalue weighted by Crippen LogP contribution is 2.16. The highest BCUT2D eigenvalue weighted by molar-refractivity contribution is 5.82. The number of ether oxygens (including phenoxy) is 2. The van der Waals surface area contributed by atoms with Gasteiger partial charge in [0.25, 0.3) is 0 Å². The number of rotatable bonds is 27. The fourth-order valence-electron chi connectivity index (χ4n) is 4.29. The van der Waals surface area contributed by atoms with Crippen molar-refractivity contribution in [2.75, 3.05) is 19.8 Å². The van der Waals surface area contributed by atoms with Crippen molar-refractivity contribution >= 4 is 11.9 Å². The van der Waals surface area contributed by atoms with Crippen molar-refractivity contribution in [3.63, 3.8) is 0 Å². The van der Waals surface area contributed by atoms with Crippen LogP contribution in [-0.2, 0) is 19.1 Å². The van der Waals surface area contributed by atoms with Crippen LogP contribution < -0.4 is 0 Å². The second-order valence-electron chi connectivity index (χ2n) is 10.7. The van der Waals surface area contributed by atoms with Crippen LogP contribution in [0.5, 0.6) is 0 Å². The predicted octanol–water partition coefficient (Wildman–Crippen LogP) is 9.19. The molecule has 0 saturated carbocycles. The van der Waals surface area contributed by atoms with Gasteiger partial charge in [-0.3, -0.25) is 4.79 Å². The Bertz CT molecular complexity index is 664. The van der Waals surface area contributed by atoms with E-state index in [4.69, 9.17) is 9.47 Å². The van der Waals surface area contributed by atoms with E-state index in [0.29, 0.717) is 6.42 Å². The van der Waals surface area contributed by atoms with Crippen LogP contribution in [0.3, 0.4) is 0 Å². The summed E-state index contributed by atoms with van der Waals surface area (Å²) < 4.78 is 10.7. The Morgan fingerprint density at radius 1 is 0.641 bits per heavy atom. The SMILES string of the molecule is CCCCC/C=C\C/C=C\CCCCCCCC(=O)OCC(CO)COC(=O)/C=C(\CCC)CCCCCC.